The molecule has 3 heteroatoms. The largest absolute Gasteiger partial charge is 0.309 e. The van der Waals surface area contributed by atoms with Crippen LogP contribution in [0.15, 0.2) is 24.3 Å². The minimum absolute atomic E-state index is 0.104. The van der Waals surface area contributed by atoms with Crippen LogP contribution in [0.5, 0.6) is 0 Å². The summed E-state index contributed by atoms with van der Waals surface area (Å²) >= 11 is 1.84. The van der Waals surface area contributed by atoms with Crippen molar-refractivity contribution in [3.05, 3.63) is 35.6 Å². The molecule has 0 aromatic heterocycles. The van der Waals surface area contributed by atoms with E-state index in [2.05, 4.69) is 19.2 Å². The molecule has 0 amide bonds. The van der Waals surface area contributed by atoms with Gasteiger partial charge in [-0.05, 0) is 24.8 Å². The summed E-state index contributed by atoms with van der Waals surface area (Å²) in [5, 5.41) is 3.40. The first-order chi connectivity index (χ1) is 7.79. The number of hydrogen-bond donors (Lipinski definition) is 1. The van der Waals surface area contributed by atoms with Gasteiger partial charge in [-0.25, -0.2) is 4.39 Å². The zero-order valence-electron chi connectivity index (χ0n) is 10.0. The minimum Gasteiger partial charge on any atom is -0.309 e. The van der Waals surface area contributed by atoms with Gasteiger partial charge in [0.25, 0.3) is 0 Å². The molecule has 0 saturated carbocycles. The van der Waals surface area contributed by atoms with Crippen molar-refractivity contribution in [2.24, 2.45) is 0 Å². The number of hydrogen-bond acceptors (Lipinski definition) is 2. The summed E-state index contributed by atoms with van der Waals surface area (Å²) < 4.78 is 13.6. The summed E-state index contributed by atoms with van der Waals surface area (Å²) in [6.45, 7) is 5.19. The molecule has 0 aliphatic heterocycles. The van der Waals surface area contributed by atoms with Gasteiger partial charge in [0.2, 0.25) is 0 Å². The fraction of sp³-hybridized carbons (Fsp3) is 0.538. The highest BCUT2D eigenvalue weighted by molar-refractivity contribution is 7.99. The lowest BCUT2D eigenvalue weighted by atomic mass is 10.1. The van der Waals surface area contributed by atoms with E-state index in [1.165, 1.54) is 6.07 Å². The highest BCUT2D eigenvalue weighted by Gasteiger charge is 2.13. The van der Waals surface area contributed by atoms with Crippen molar-refractivity contribution in [2.45, 2.75) is 26.3 Å². The van der Waals surface area contributed by atoms with Gasteiger partial charge in [-0.2, -0.15) is 11.8 Å². The van der Waals surface area contributed by atoms with E-state index in [1.54, 1.807) is 6.07 Å². The molecule has 0 radical (unpaired) electrons. The molecule has 90 valence electrons. The third-order valence-electron chi connectivity index (χ3n) is 2.41. The van der Waals surface area contributed by atoms with Gasteiger partial charge in [0.1, 0.15) is 5.82 Å². The molecule has 1 nitrogen and oxygen atoms in total. The molecular formula is C13H20FNS. The van der Waals surface area contributed by atoms with Crippen LogP contribution in [-0.2, 0) is 0 Å². The van der Waals surface area contributed by atoms with E-state index in [0.717, 1.165) is 30.0 Å². The van der Waals surface area contributed by atoms with Crippen LogP contribution in [0.4, 0.5) is 4.39 Å². The Balaban J connectivity index is 2.70. The maximum Gasteiger partial charge on any atom is 0.128 e. The second-order valence-corrected chi connectivity index (χ2v) is 5.01. The molecule has 0 fully saturated rings. The summed E-state index contributed by atoms with van der Waals surface area (Å²) in [6, 6.07) is 7.18. The van der Waals surface area contributed by atoms with E-state index in [4.69, 9.17) is 0 Å². The lowest BCUT2D eigenvalue weighted by Gasteiger charge is -2.18. The Bertz CT molecular complexity index is 296. The molecule has 0 heterocycles. The molecule has 16 heavy (non-hydrogen) atoms. The highest BCUT2D eigenvalue weighted by atomic mass is 32.2. The predicted octanol–water partition coefficient (Wildman–Crippen LogP) is 3.62. The Kier molecular flexibility index (Phi) is 6.50. The van der Waals surface area contributed by atoms with E-state index < -0.39 is 0 Å². The van der Waals surface area contributed by atoms with Crippen molar-refractivity contribution in [2.75, 3.05) is 18.1 Å². The SMILES string of the molecule is CCCNC(CSCC)c1ccccc1F. The molecule has 0 bridgehead atoms. The van der Waals surface area contributed by atoms with Crippen LogP contribution in [0, 0.1) is 5.82 Å². The van der Waals surface area contributed by atoms with Gasteiger partial charge in [0.05, 0.1) is 0 Å². The average Bonchev–Trinajstić information content (AvgIpc) is 2.31. The van der Waals surface area contributed by atoms with E-state index >= 15 is 0 Å². The minimum atomic E-state index is -0.104. The van der Waals surface area contributed by atoms with Gasteiger partial charge in [-0.3, -0.25) is 0 Å². The van der Waals surface area contributed by atoms with Crippen molar-refractivity contribution in [3.63, 3.8) is 0 Å². The maximum atomic E-state index is 13.6. The molecule has 1 aromatic carbocycles. The predicted molar refractivity (Wildman–Crippen MR) is 70.4 cm³/mol. The summed E-state index contributed by atoms with van der Waals surface area (Å²) in [5.41, 5.74) is 0.789. The van der Waals surface area contributed by atoms with E-state index in [9.17, 15) is 4.39 Å². The van der Waals surface area contributed by atoms with Crippen LogP contribution in [0.25, 0.3) is 0 Å². The molecule has 0 saturated heterocycles. The van der Waals surface area contributed by atoms with Gasteiger partial charge in [0, 0.05) is 17.4 Å². The quantitative estimate of drug-likeness (QED) is 0.782. The summed E-state index contributed by atoms with van der Waals surface area (Å²) in [7, 11) is 0. The van der Waals surface area contributed by atoms with E-state index in [1.807, 2.05) is 23.9 Å². The number of benzene rings is 1. The molecule has 1 atom stereocenters. The van der Waals surface area contributed by atoms with Crippen LogP contribution in [0.1, 0.15) is 31.9 Å². The van der Waals surface area contributed by atoms with Gasteiger partial charge in [-0.1, -0.05) is 32.0 Å². The van der Waals surface area contributed by atoms with Crippen molar-refractivity contribution in [1.29, 1.82) is 0 Å². The first kappa shape index (κ1) is 13.5. The number of thioether (sulfide) groups is 1. The normalized spacial score (nSPS) is 12.7. The zero-order valence-corrected chi connectivity index (χ0v) is 10.8. The molecule has 0 aliphatic carbocycles. The molecule has 1 aromatic rings. The van der Waals surface area contributed by atoms with Gasteiger partial charge in [0.15, 0.2) is 0 Å². The molecule has 1 rings (SSSR count). The zero-order chi connectivity index (χ0) is 11.8. The summed E-state index contributed by atoms with van der Waals surface area (Å²) in [4.78, 5) is 0. The average molecular weight is 241 g/mol. The van der Waals surface area contributed by atoms with Crippen molar-refractivity contribution >= 4 is 11.8 Å². The molecular weight excluding hydrogens is 221 g/mol. The molecule has 0 spiro atoms. The van der Waals surface area contributed by atoms with Gasteiger partial charge >= 0.3 is 0 Å². The van der Waals surface area contributed by atoms with E-state index in [0.29, 0.717) is 0 Å². The van der Waals surface area contributed by atoms with Crippen LogP contribution in [0.3, 0.4) is 0 Å². The monoisotopic (exact) mass is 241 g/mol. The van der Waals surface area contributed by atoms with Gasteiger partial charge in [-0.15, -0.1) is 0 Å². The van der Waals surface area contributed by atoms with Gasteiger partial charge < -0.3 is 5.32 Å². The Labute approximate surface area is 102 Å². The second-order valence-electron chi connectivity index (χ2n) is 3.69. The number of rotatable bonds is 7. The number of halogens is 1. The maximum absolute atomic E-state index is 13.6. The summed E-state index contributed by atoms with van der Waals surface area (Å²) in [6.07, 6.45) is 1.07. The third-order valence-corrected chi connectivity index (χ3v) is 3.39. The molecule has 1 N–H and O–H groups in total. The highest BCUT2D eigenvalue weighted by Crippen LogP contribution is 2.21. The summed E-state index contributed by atoms with van der Waals surface area (Å²) in [5.74, 6) is 1.89. The van der Waals surface area contributed by atoms with Crippen LogP contribution >= 0.6 is 11.8 Å². The van der Waals surface area contributed by atoms with Crippen molar-refractivity contribution in [3.8, 4) is 0 Å². The fourth-order valence-corrected chi connectivity index (χ4v) is 2.34. The smallest absolute Gasteiger partial charge is 0.128 e. The first-order valence-corrected chi connectivity index (χ1v) is 7.00. The first-order valence-electron chi connectivity index (χ1n) is 5.85. The Morgan fingerprint density at radius 3 is 2.69 bits per heavy atom. The van der Waals surface area contributed by atoms with Crippen LogP contribution < -0.4 is 5.32 Å². The van der Waals surface area contributed by atoms with Crippen LogP contribution in [0.2, 0.25) is 0 Å². The topological polar surface area (TPSA) is 12.0 Å². The van der Waals surface area contributed by atoms with Crippen molar-refractivity contribution in [1.82, 2.24) is 5.32 Å². The van der Waals surface area contributed by atoms with Crippen LogP contribution in [-0.4, -0.2) is 18.1 Å². The lowest BCUT2D eigenvalue weighted by molar-refractivity contribution is 0.532. The van der Waals surface area contributed by atoms with Crippen molar-refractivity contribution < 1.29 is 4.39 Å². The number of nitrogens with one attached hydrogen (secondary N) is 1. The van der Waals surface area contributed by atoms with E-state index in [-0.39, 0.29) is 11.9 Å². The molecule has 0 aliphatic rings. The second kappa shape index (κ2) is 7.69. The standard InChI is InChI=1S/C13H20FNS/c1-3-9-15-13(10-16-4-2)11-7-5-6-8-12(11)14/h5-8,13,15H,3-4,9-10H2,1-2H3. The molecule has 1 unspecified atom stereocenters. The fourth-order valence-electron chi connectivity index (χ4n) is 1.57. The Morgan fingerprint density at radius 1 is 1.31 bits per heavy atom. The Hall–Kier alpha value is -0.540. The third kappa shape index (κ3) is 4.14. The Morgan fingerprint density at radius 2 is 2.06 bits per heavy atom. The lowest BCUT2D eigenvalue weighted by Crippen LogP contribution is -2.25.